The minimum absolute atomic E-state index is 0.0624. The molecule has 2 fully saturated rings. The molecule has 2 aromatic rings. The van der Waals surface area contributed by atoms with E-state index in [4.69, 9.17) is 0 Å². The molecular weight excluding hydrogens is 425 g/mol. The summed E-state index contributed by atoms with van der Waals surface area (Å²) in [6.45, 7) is 3.80. The summed E-state index contributed by atoms with van der Waals surface area (Å²) in [5, 5.41) is 0. The first-order valence-electron chi connectivity index (χ1n) is 9.91. The van der Waals surface area contributed by atoms with Crippen LogP contribution in [-0.4, -0.2) is 73.8 Å². The van der Waals surface area contributed by atoms with Gasteiger partial charge >= 0.3 is 0 Å². The molecule has 0 spiro atoms. The van der Waals surface area contributed by atoms with Gasteiger partial charge in [-0.15, -0.1) is 0 Å². The van der Waals surface area contributed by atoms with Crippen molar-refractivity contribution in [3.63, 3.8) is 0 Å². The van der Waals surface area contributed by atoms with Crippen LogP contribution in [0.15, 0.2) is 34.0 Å². The number of nitrogens with one attached hydrogen (secondary N) is 1. The van der Waals surface area contributed by atoms with Gasteiger partial charge in [0.2, 0.25) is 21.8 Å². The van der Waals surface area contributed by atoms with Gasteiger partial charge in [0.05, 0.1) is 10.6 Å². The fourth-order valence-electron chi connectivity index (χ4n) is 4.20. The molecule has 4 rings (SSSR count). The number of aromatic nitrogens is 2. The van der Waals surface area contributed by atoms with Crippen LogP contribution >= 0.6 is 0 Å². The lowest BCUT2D eigenvalue weighted by atomic mass is 10.0. The average Bonchev–Trinajstić information content (AvgIpc) is 3.30. The lowest BCUT2D eigenvalue weighted by Crippen LogP contribution is -2.34. The number of carbonyl (C=O) groups is 1. The highest BCUT2D eigenvalue weighted by Crippen LogP contribution is 2.33. The van der Waals surface area contributed by atoms with E-state index in [9.17, 15) is 22.4 Å². The Morgan fingerprint density at radius 1 is 1.13 bits per heavy atom. The van der Waals surface area contributed by atoms with Crippen molar-refractivity contribution in [1.82, 2.24) is 19.2 Å². The number of sulfonamides is 1. The number of fused-ring (bicyclic) bond motifs is 1. The Morgan fingerprint density at radius 2 is 1.71 bits per heavy atom. The van der Waals surface area contributed by atoms with Gasteiger partial charge in [-0.05, 0) is 31.2 Å². The summed E-state index contributed by atoms with van der Waals surface area (Å²) in [6.07, 6.45) is 0. The maximum absolute atomic E-state index is 13.6. The predicted octanol–water partition coefficient (Wildman–Crippen LogP) is 0.676. The van der Waals surface area contributed by atoms with Crippen molar-refractivity contribution in [3.05, 3.63) is 51.7 Å². The lowest BCUT2D eigenvalue weighted by Gasteiger charge is -2.22. The van der Waals surface area contributed by atoms with Gasteiger partial charge in [0.1, 0.15) is 0 Å². The van der Waals surface area contributed by atoms with Crippen molar-refractivity contribution >= 4 is 21.9 Å². The van der Waals surface area contributed by atoms with E-state index in [0.717, 1.165) is 4.31 Å². The number of nitrogens with zero attached hydrogens (tertiary/aromatic N) is 4. The number of halogens is 1. The largest absolute Gasteiger partial charge is 0.342 e. The molecule has 1 aromatic heterocycles. The summed E-state index contributed by atoms with van der Waals surface area (Å²) in [6, 6.07) is 5.96. The lowest BCUT2D eigenvalue weighted by molar-refractivity contribution is 0.0782. The van der Waals surface area contributed by atoms with Gasteiger partial charge < -0.3 is 9.80 Å². The van der Waals surface area contributed by atoms with Crippen LogP contribution in [0.2, 0.25) is 0 Å². The third-order valence-electron chi connectivity index (χ3n) is 5.97. The SMILES string of the molecule is Cc1nc(N2CC3CN(C(=O)c4ccc(S(=O)(=O)N(C)C)cc4)CC3C2)[nH]c(=O)c1F. The highest BCUT2D eigenvalue weighted by atomic mass is 32.2. The number of hydrogen-bond acceptors (Lipinski definition) is 6. The first-order valence-corrected chi connectivity index (χ1v) is 11.3. The smallest absolute Gasteiger partial charge is 0.288 e. The van der Waals surface area contributed by atoms with Crippen molar-refractivity contribution in [2.45, 2.75) is 11.8 Å². The Hall–Kier alpha value is -2.79. The van der Waals surface area contributed by atoms with Crippen LogP contribution in [0.25, 0.3) is 0 Å². The molecule has 2 aliphatic rings. The molecule has 2 aliphatic heterocycles. The number of rotatable bonds is 4. The molecule has 2 unspecified atom stereocenters. The van der Waals surface area contributed by atoms with E-state index in [1.165, 1.54) is 45.3 Å². The Morgan fingerprint density at radius 3 is 2.23 bits per heavy atom. The van der Waals surface area contributed by atoms with Crippen molar-refractivity contribution in [2.75, 3.05) is 45.2 Å². The first kappa shape index (κ1) is 21.4. The van der Waals surface area contributed by atoms with Gasteiger partial charge in [-0.1, -0.05) is 0 Å². The monoisotopic (exact) mass is 449 g/mol. The molecule has 0 bridgehead atoms. The number of hydrogen-bond donors (Lipinski definition) is 1. The average molecular weight is 450 g/mol. The molecule has 31 heavy (non-hydrogen) atoms. The van der Waals surface area contributed by atoms with Crippen LogP contribution in [0.4, 0.5) is 10.3 Å². The van der Waals surface area contributed by atoms with Crippen LogP contribution in [0, 0.1) is 24.6 Å². The molecule has 2 atom stereocenters. The van der Waals surface area contributed by atoms with Crippen LogP contribution in [0.1, 0.15) is 16.1 Å². The number of benzene rings is 1. The molecule has 9 nitrogen and oxygen atoms in total. The van der Waals surface area contributed by atoms with Gasteiger partial charge in [0.25, 0.3) is 11.5 Å². The van der Waals surface area contributed by atoms with E-state index in [1.807, 2.05) is 4.90 Å². The van der Waals surface area contributed by atoms with E-state index in [-0.39, 0.29) is 28.3 Å². The van der Waals surface area contributed by atoms with E-state index < -0.39 is 21.4 Å². The summed E-state index contributed by atoms with van der Waals surface area (Å²) >= 11 is 0. The van der Waals surface area contributed by atoms with Crippen molar-refractivity contribution in [3.8, 4) is 0 Å². The third-order valence-corrected chi connectivity index (χ3v) is 7.80. The molecular formula is C20H24FN5O4S. The third kappa shape index (κ3) is 3.83. The Labute approximate surface area is 179 Å². The summed E-state index contributed by atoms with van der Waals surface area (Å²) in [5.74, 6) is -0.224. The molecule has 2 saturated heterocycles. The minimum Gasteiger partial charge on any atom is -0.342 e. The number of amides is 1. The quantitative estimate of drug-likeness (QED) is 0.736. The number of anilines is 1. The van der Waals surface area contributed by atoms with Gasteiger partial charge in [0, 0.05) is 57.7 Å². The number of H-pyrrole nitrogens is 1. The zero-order chi connectivity index (χ0) is 22.5. The van der Waals surface area contributed by atoms with Crippen LogP contribution < -0.4 is 10.5 Å². The van der Waals surface area contributed by atoms with E-state index in [2.05, 4.69) is 9.97 Å². The molecule has 1 amide bonds. The van der Waals surface area contributed by atoms with Gasteiger partial charge in [-0.3, -0.25) is 14.6 Å². The second-order valence-electron chi connectivity index (χ2n) is 8.24. The normalized spacial score (nSPS) is 21.1. The van der Waals surface area contributed by atoms with Crippen molar-refractivity contribution in [2.24, 2.45) is 11.8 Å². The Kier molecular flexibility index (Phi) is 5.34. The maximum Gasteiger partial charge on any atom is 0.288 e. The number of aryl methyl sites for hydroxylation is 1. The topological polar surface area (TPSA) is 107 Å². The predicted molar refractivity (Wildman–Crippen MR) is 112 cm³/mol. The second-order valence-corrected chi connectivity index (χ2v) is 10.4. The zero-order valence-electron chi connectivity index (χ0n) is 17.5. The molecule has 1 aromatic carbocycles. The van der Waals surface area contributed by atoms with Crippen molar-refractivity contribution in [1.29, 1.82) is 0 Å². The maximum atomic E-state index is 13.6. The van der Waals surface area contributed by atoms with Gasteiger partial charge in [0.15, 0.2) is 0 Å². The standard InChI is InChI=1S/C20H24FN5O4S/c1-12-17(21)18(27)23-20(22-12)26-10-14-8-25(9-15(14)11-26)19(28)13-4-6-16(7-5-13)31(29,30)24(2)3/h4-7,14-15H,8-11H2,1-3H3,(H,22,23,27). The summed E-state index contributed by atoms with van der Waals surface area (Å²) < 4.78 is 39.1. The van der Waals surface area contributed by atoms with Crippen LogP contribution in [0.3, 0.4) is 0 Å². The Balaban J connectivity index is 1.43. The van der Waals surface area contributed by atoms with Gasteiger partial charge in [-0.2, -0.15) is 4.39 Å². The molecule has 0 radical (unpaired) electrons. The molecule has 3 heterocycles. The fraction of sp³-hybridized carbons (Fsp3) is 0.450. The minimum atomic E-state index is -3.54. The molecule has 166 valence electrons. The summed E-state index contributed by atoms with van der Waals surface area (Å²) in [4.78, 5) is 35.1. The fourth-order valence-corrected chi connectivity index (χ4v) is 5.10. The van der Waals surface area contributed by atoms with E-state index in [0.29, 0.717) is 37.7 Å². The highest BCUT2D eigenvalue weighted by molar-refractivity contribution is 7.89. The zero-order valence-corrected chi connectivity index (χ0v) is 18.3. The number of likely N-dealkylation sites (tertiary alicyclic amines) is 1. The summed E-state index contributed by atoms with van der Waals surface area (Å²) in [7, 11) is -0.629. The van der Waals surface area contributed by atoms with Crippen LogP contribution in [-0.2, 0) is 10.0 Å². The molecule has 0 saturated carbocycles. The molecule has 11 heteroatoms. The summed E-state index contributed by atoms with van der Waals surface area (Å²) in [5.41, 5.74) is -0.280. The number of aromatic amines is 1. The molecule has 0 aliphatic carbocycles. The van der Waals surface area contributed by atoms with Crippen LogP contribution in [0.5, 0.6) is 0 Å². The van der Waals surface area contributed by atoms with Crippen molar-refractivity contribution < 1.29 is 17.6 Å². The Bertz CT molecular complexity index is 1170. The second kappa shape index (κ2) is 7.72. The van der Waals surface area contributed by atoms with Gasteiger partial charge in [-0.25, -0.2) is 17.7 Å². The molecule has 1 N–H and O–H groups in total. The highest BCUT2D eigenvalue weighted by Gasteiger charge is 2.42. The first-order chi connectivity index (χ1) is 14.6. The number of carbonyl (C=O) groups excluding carboxylic acids is 1. The van der Waals surface area contributed by atoms with E-state index >= 15 is 0 Å². The van der Waals surface area contributed by atoms with E-state index in [1.54, 1.807) is 4.90 Å².